The normalized spacial score (nSPS) is 23.2. The summed E-state index contributed by atoms with van der Waals surface area (Å²) < 4.78 is 28.3. The average Bonchev–Trinajstić information content (AvgIpc) is 1.54. The molecule has 5 rings (SSSR count). The van der Waals surface area contributed by atoms with E-state index in [9.17, 15) is 83.4 Å². The summed E-state index contributed by atoms with van der Waals surface area (Å²) in [5.41, 5.74) is 12.8. The molecule has 18 N–H and O–H groups in total. The first-order valence-corrected chi connectivity index (χ1v) is 36.8. The SMILES string of the molecule is CC[C@H](C)[C@@H]([C@@H](CC(=O)N1CCC[C@H]1[C@H](OC)[C@@H](C)C(=O)N[C@H](C)[C@@H](O)c1ccccc1)OC)N(C)C(=O)[C@@H](NC(=O)[C@H](C(C)C)N(C)C(=O)OCc1ccc(NC(=O)[C@H](CCCNC(N)=O)NC(=O)[C@@H](NC(=O)[C@@H](N)CCC(=O)NC2O[C@H](C(=O)NC3O[C@H](CO)[C@@H](O)[C@H]3O)[C@@H](O)[C@H]2O)C(C)C)cc1)C(C)C. The molecular formula is C73H117N13O22. The summed E-state index contributed by atoms with van der Waals surface area (Å²) in [5, 5.41) is 82.4. The van der Waals surface area contributed by atoms with Gasteiger partial charge < -0.3 is 118 Å². The van der Waals surface area contributed by atoms with E-state index in [0.29, 0.717) is 36.9 Å². The molecule has 3 saturated heterocycles. The molecule has 0 aromatic heterocycles. The monoisotopic (exact) mass is 1530 g/mol. The molecule has 2 unspecified atom stereocenters. The number of urea groups is 1. The summed E-state index contributed by atoms with van der Waals surface area (Å²) in [6, 6.07) is 6.42. The smallest absolute Gasteiger partial charge is 0.410 e. The lowest BCUT2D eigenvalue weighted by atomic mass is 9.89. The largest absolute Gasteiger partial charge is 0.445 e. The topological polar surface area (TPSA) is 513 Å². The third kappa shape index (κ3) is 24.6. The molecule has 21 atom stereocenters. The fraction of sp³-hybridized carbons (Fsp3) is 0.685. The number of amides is 12. The Labute approximate surface area is 630 Å². The van der Waals surface area contributed by atoms with Gasteiger partial charge >= 0.3 is 12.1 Å². The highest BCUT2D eigenvalue weighted by Gasteiger charge is 2.51. The molecule has 0 saturated carbocycles. The van der Waals surface area contributed by atoms with Gasteiger partial charge in [0.05, 0.1) is 61.4 Å². The van der Waals surface area contributed by atoms with Crippen LogP contribution in [0, 0.1) is 29.6 Å². The molecule has 2 aromatic rings. The fourth-order valence-electron chi connectivity index (χ4n) is 13.6. The number of carbonyl (C=O) groups excluding carboxylic acids is 11. The van der Waals surface area contributed by atoms with Crippen molar-refractivity contribution in [2.24, 2.45) is 41.1 Å². The van der Waals surface area contributed by atoms with E-state index in [1.165, 1.54) is 38.3 Å². The fourth-order valence-corrected chi connectivity index (χ4v) is 13.6. The van der Waals surface area contributed by atoms with E-state index < -0.39 is 206 Å². The van der Waals surface area contributed by atoms with Crippen LogP contribution < -0.4 is 54.0 Å². The molecule has 0 aliphatic carbocycles. The minimum Gasteiger partial charge on any atom is -0.445 e. The van der Waals surface area contributed by atoms with Crippen molar-refractivity contribution in [3.63, 3.8) is 0 Å². The van der Waals surface area contributed by atoms with Gasteiger partial charge in [-0.15, -0.1) is 0 Å². The minimum atomic E-state index is -1.88. The predicted molar refractivity (Wildman–Crippen MR) is 391 cm³/mol. The number of nitrogens with zero attached hydrogens (tertiary/aromatic N) is 3. The third-order valence-corrected chi connectivity index (χ3v) is 20.2. The van der Waals surface area contributed by atoms with Gasteiger partial charge in [-0.05, 0) is 86.0 Å². The Balaban J connectivity index is 1.16. The van der Waals surface area contributed by atoms with Crippen LogP contribution in [0.5, 0.6) is 0 Å². The maximum atomic E-state index is 14.9. The summed E-state index contributed by atoms with van der Waals surface area (Å²) in [6.07, 6.45) is -15.3. The summed E-state index contributed by atoms with van der Waals surface area (Å²) >= 11 is 0. The number of ether oxygens (including phenoxy) is 5. The van der Waals surface area contributed by atoms with Gasteiger partial charge in [0, 0.05) is 53.5 Å². The molecule has 3 heterocycles. The molecule has 3 aliphatic heterocycles. The van der Waals surface area contributed by atoms with Crippen LogP contribution in [-0.4, -0.2) is 268 Å². The van der Waals surface area contributed by atoms with E-state index in [1.54, 1.807) is 104 Å². The molecule has 0 spiro atoms. The number of likely N-dealkylation sites (N-methyl/N-ethyl adjacent to an activating group) is 2. The second-order valence-electron chi connectivity index (χ2n) is 29.2. The van der Waals surface area contributed by atoms with Crippen molar-refractivity contribution in [2.75, 3.05) is 53.3 Å². The highest BCUT2D eigenvalue weighted by Crippen LogP contribution is 2.31. The molecular weight excluding hydrogens is 1410 g/mol. The minimum absolute atomic E-state index is 0.0274. The molecule has 606 valence electrons. The van der Waals surface area contributed by atoms with E-state index in [2.05, 4.69) is 42.5 Å². The number of anilines is 1. The number of carbonyl (C=O) groups is 11. The van der Waals surface area contributed by atoms with Gasteiger partial charge in [-0.1, -0.05) is 111 Å². The highest BCUT2D eigenvalue weighted by molar-refractivity contribution is 5.99. The van der Waals surface area contributed by atoms with Gasteiger partial charge in [0.25, 0.3) is 5.91 Å². The second kappa shape index (κ2) is 42.7. The first-order valence-electron chi connectivity index (χ1n) is 36.8. The number of nitrogens with one attached hydrogen (secondary N) is 8. The third-order valence-electron chi connectivity index (χ3n) is 20.2. The van der Waals surface area contributed by atoms with Crippen LogP contribution in [0.1, 0.15) is 138 Å². The van der Waals surface area contributed by atoms with Crippen molar-refractivity contribution >= 4 is 71.0 Å². The van der Waals surface area contributed by atoms with E-state index in [0.717, 1.165) is 4.90 Å². The van der Waals surface area contributed by atoms with E-state index >= 15 is 0 Å². The summed E-state index contributed by atoms with van der Waals surface area (Å²) in [7, 11) is 6.00. The average molecular weight is 1530 g/mol. The predicted octanol–water partition coefficient (Wildman–Crippen LogP) is -1.18. The number of nitrogens with two attached hydrogens (primary N) is 2. The van der Waals surface area contributed by atoms with Crippen molar-refractivity contribution in [1.29, 1.82) is 0 Å². The lowest BCUT2D eigenvalue weighted by Gasteiger charge is -2.41. The Kier molecular flexibility index (Phi) is 35.7. The molecule has 3 fully saturated rings. The molecule has 108 heavy (non-hydrogen) atoms. The lowest BCUT2D eigenvalue weighted by molar-refractivity contribution is -0.148. The number of hydrogen-bond acceptors (Lipinski definition) is 23. The molecule has 3 aliphatic rings. The Hall–Kier alpha value is -8.23. The highest BCUT2D eigenvalue weighted by atomic mass is 16.6. The number of methoxy groups -OCH3 is 2. The van der Waals surface area contributed by atoms with Crippen molar-refractivity contribution in [3.05, 3.63) is 65.7 Å². The van der Waals surface area contributed by atoms with Crippen molar-refractivity contribution in [2.45, 2.75) is 243 Å². The summed E-state index contributed by atoms with van der Waals surface area (Å²) in [6.45, 7) is 17.1. The van der Waals surface area contributed by atoms with Crippen LogP contribution in [0.25, 0.3) is 0 Å². The maximum absolute atomic E-state index is 14.9. The number of aliphatic hydroxyl groups is 6. The van der Waals surface area contributed by atoms with Gasteiger partial charge in [-0.3, -0.25) is 48.1 Å². The van der Waals surface area contributed by atoms with E-state index in [-0.39, 0.29) is 62.3 Å². The molecule has 35 nitrogen and oxygen atoms in total. The number of benzene rings is 2. The van der Waals surface area contributed by atoms with E-state index in [4.69, 9.17) is 35.2 Å². The molecule has 2 aromatic carbocycles. The number of aliphatic hydroxyl groups excluding tert-OH is 6. The maximum Gasteiger partial charge on any atom is 0.410 e. The number of rotatable bonds is 40. The Morgan fingerprint density at radius 3 is 1.89 bits per heavy atom. The molecule has 0 radical (unpaired) electrons. The Morgan fingerprint density at radius 2 is 1.31 bits per heavy atom. The second-order valence-corrected chi connectivity index (χ2v) is 29.2. The van der Waals surface area contributed by atoms with Crippen molar-refractivity contribution < 1.29 is 107 Å². The van der Waals surface area contributed by atoms with Gasteiger partial charge in [0.15, 0.2) is 18.6 Å². The van der Waals surface area contributed by atoms with Crippen molar-refractivity contribution in [1.82, 2.24) is 51.9 Å². The number of hydrogen-bond donors (Lipinski definition) is 16. The molecule has 0 bridgehead atoms. The van der Waals surface area contributed by atoms with Gasteiger partial charge in [-0.2, -0.15) is 0 Å². The lowest BCUT2D eigenvalue weighted by Crippen LogP contribution is -2.60. The quantitative estimate of drug-likeness (QED) is 0.0349. The van der Waals surface area contributed by atoms with Gasteiger partial charge in [0.1, 0.15) is 61.3 Å². The number of likely N-dealkylation sites (tertiary alicyclic amines) is 1. The van der Waals surface area contributed by atoms with Crippen LogP contribution in [-0.2, 0) is 73.4 Å². The van der Waals surface area contributed by atoms with E-state index in [1.807, 2.05) is 19.9 Å². The standard InChI is InChI=1S/C73H117N13O22/c1-15-39(8)55(48(104-13)33-51(89)86-32-20-24-47(86)61(105-14)40(9)63(95)77-41(10)56(90)43-21-17-16-18-22-43)84(11)71(101)53(37(4)5)82-67(99)54(38(6)7)85(12)73(103)106-35-42-25-27-44(28-26-42)78-65(97)46(23-19-31-76-72(75)102)79-66(98)52(36(2)3)81-64(96)45(74)29-30-50(88)80-69-60(94)58(92)62(108-69)68(100)83-70-59(93)57(91)49(34-87)107-70/h16-18,21-22,25-28,36-41,45-49,52-62,69-70,87,90-94H,15,19-20,23-24,29-35,74H2,1-14H3,(H,77,95)(H,78,97)(H,79,98)(H,80,88)(H,81,96)(H,82,99)(H,83,100)(H3,75,76,102)/t39-,40+,41+,45-,46-,47-,48+,49+,52-,53-,54-,55-,56+,57+,58-,59+,60+,61+,62-,69?,70?/m0/s1. The van der Waals surface area contributed by atoms with Crippen LogP contribution >= 0.6 is 0 Å². The van der Waals surface area contributed by atoms with Crippen LogP contribution in [0.2, 0.25) is 0 Å². The van der Waals surface area contributed by atoms with Gasteiger partial charge in [-0.25, -0.2) is 9.59 Å². The van der Waals surface area contributed by atoms with Crippen molar-refractivity contribution in [3.8, 4) is 0 Å². The zero-order chi connectivity index (χ0) is 80.7. The summed E-state index contributed by atoms with van der Waals surface area (Å²) in [5.74, 6) is -8.39. The van der Waals surface area contributed by atoms with Crippen LogP contribution in [0.15, 0.2) is 54.6 Å². The first-order chi connectivity index (χ1) is 50.9. The first kappa shape index (κ1) is 90.4. The Morgan fingerprint density at radius 1 is 0.694 bits per heavy atom. The van der Waals surface area contributed by atoms with Crippen LogP contribution in [0.4, 0.5) is 15.3 Å². The zero-order valence-corrected chi connectivity index (χ0v) is 64.2. The summed E-state index contributed by atoms with van der Waals surface area (Å²) in [4.78, 5) is 155. The van der Waals surface area contributed by atoms with Crippen LogP contribution in [0.3, 0.4) is 0 Å². The number of primary amides is 1. The zero-order valence-electron chi connectivity index (χ0n) is 64.2. The Bertz CT molecular complexity index is 3310. The molecule has 12 amide bonds. The van der Waals surface area contributed by atoms with Gasteiger partial charge in [0.2, 0.25) is 47.3 Å². The molecule has 35 heteroatoms.